The zero-order chi connectivity index (χ0) is 15.6. The van der Waals surface area contributed by atoms with E-state index in [1.807, 2.05) is 6.92 Å². The molecule has 2 bridgehead atoms. The Labute approximate surface area is 129 Å². The van der Waals surface area contributed by atoms with Crippen LogP contribution in [0.25, 0.3) is 0 Å². The van der Waals surface area contributed by atoms with Gasteiger partial charge in [0.2, 0.25) is 11.8 Å². The summed E-state index contributed by atoms with van der Waals surface area (Å²) in [6.45, 7) is 1.98. The van der Waals surface area contributed by atoms with Crippen molar-refractivity contribution >= 4 is 17.8 Å². The Bertz CT molecular complexity index is 547. The van der Waals surface area contributed by atoms with Gasteiger partial charge in [-0.2, -0.15) is 0 Å². The number of allylic oxidation sites excluding steroid dienone is 2. The quantitative estimate of drug-likeness (QED) is 0.619. The van der Waals surface area contributed by atoms with Gasteiger partial charge in [-0.05, 0) is 36.5 Å². The molecule has 1 saturated heterocycles. The monoisotopic (exact) mass is 303 g/mol. The van der Waals surface area contributed by atoms with E-state index in [0.29, 0.717) is 24.7 Å². The van der Waals surface area contributed by atoms with Crippen LogP contribution in [0.2, 0.25) is 0 Å². The van der Waals surface area contributed by atoms with E-state index in [1.165, 1.54) is 0 Å². The first-order valence-electron chi connectivity index (χ1n) is 8.34. The number of hydrogen-bond acceptors (Lipinski definition) is 3. The van der Waals surface area contributed by atoms with Crippen LogP contribution in [-0.2, 0) is 14.4 Å². The summed E-state index contributed by atoms with van der Waals surface area (Å²) in [6, 6.07) is -0.985. The van der Waals surface area contributed by atoms with Gasteiger partial charge in [0.25, 0.3) is 0 Å². The minimum Gasteiger partial charge on any atom is -0.480 e. The van der Waals surface area contributed by atoms with Crippen LogP contribution in [-0.4, -0.2) is 33.8 Å². The van der Waals surface area contributed by atoms with Gasteiger partial charge >= 0.3 is 5.97 Å². The number of likely N-dealkylation sites (tertiary alicyclic amines) is 1. The fraction of sp³-hybridized carbons (Fsp3) is 0.706. The van der Waals surface area contributed by atoms with Crippen molar-refractivity contribution in [1.82, 2.24) is 4.90 Å². The average Bonchev–Trinajstić information content (AvgIpc) is 3.27. The Kier molecular flexibility index (Phi) is 2.97. The summed E-state index contributed by atoms with van der Waals surface area (Å²) in [6.07, 6.45) is 7.25. The zero-order valence-electron chi connectivity index (χ0n) is 12.6. The third kappa shape index (κ3) is 1.68. The summed E-state index contributed by atoms with van der Waals surface area (Å²) >= 11 is 0. The van der Waals surface area contributed by atoms with E-state index in [0.717, 1.165) is 17.7 Å². The predicted octanol–water partition coefficient (Wildman–Crippen LogP) is 1.68. The van der Waals surface area contributed by atoms with Crippen molar-refractivity contribution in [3.05, 3.63) is 12.2 Å². The normalized spacial score (nSPS) is 42.3. The van der Waals surface area contributed by atoms with Gasteiger partial charge in [0.05, 0.1) is 11.8 Å². The fourth-order valence-corrected chi connectivity index (χ4v) is 5.05. The number of imide groups is 1. The number of aliphatic carboxylic acids is 1. The highest BCUT2D eigenvalue weighted by atomic mass is 16.4. The molecule has 5 heteroatoms. The van der Waals surface area contributed by atoms with E-state index in [-0.39, 0.29) is 35.5 Å². The molecule has 0 aromatic rings. The van der Waals surface area contributed by atoms with Crippen LogP contribution in [0.5, 0.6) is 0 Å². The summed E-state index contributed by atoms with van der Waals surface area (Å²) in [5, 5.41) is 9.48. The van der Waals surface area contributed by atoms with Gasteiger partial charge in [-0.25, -0.2) is 4.79 Å². The standard InChI is InChI=1S/C17H21NO4/c1-2-3-4-12(17(21)22)18-15(19)13-8-5-6-9(11-7-10(8)11)14(13)16(18)20/h5-6,8-14H,2-4,7H2,1H3,(H,21,22)/t8-,9+,10+,11-,12-,13-,14+/m0/s1. The molecule has 1 heterocycles. The molecule has 0 unspecified atom stereocenters. The van der Waals surface area contributed by atoms with Crippen molar-refractivity contribution < 1.29 is 19.5 Å². The lowest BCUT2D eigenvalue weighted by atomic mass is 9.63. The van der Waals surface area contributed by atoms with Gasteiger partial charge in [0, 0.05) is 0 Å². The number of amides is 2. The van der Waals surface area contributed by atoms with E-state index in [2.05, 4.69) is 12.2 Å². The highest BCUT2D eigenvalue weighted by Gasteiger charge is 2.67. The number of carboxylic acids is 1. The first kappa shape index (κ1) is 14.0. The van der Waals surface area contributed by atoms with Crippen LogP contribution >= 0.6 is 0 Å². The summed E-state index contributed by atoms with van der Waals surface area (Å²) in [5.41, 5.74) is 0. The van der Waals surface area contributed by atoms with Gasteiger partial charge in [-0.15, -0.1) is 0 Å². The Morgan fingerprint density at radius 2 is 1.77 bits per heavy atom. The Morgan fingerprint density at radius 3 is 2.23 bits per heavy atom. The second-order valence-electron chi connectivity index (χ2n) is 7.20. The highest BCUT2D eigenvalue weighted by Crippen LogP contribution is 2.65. The first-order chi connectivity index (χ1) is 10.6. The molecule has 2 amide bonds. The number of unbranched alkanes of at least 4 members (excludes halogenated alkanes) is 1. The molecule has 22 heavy (non-hydrogen) atoms. The fourth-order valence-electron chi connectivity index (χ4n) is 5.05. The highest BCUT2D eigenvalue weighted by molar-refractivity contribution is 6.08. The molecule has 0 radical (unpaired) electrons. The SMILES string of the molecule is CCCC[C@@H](C(=O)O)N1C(=O)[C@@H]2[C@@H]3C=C[C@@H]([C@H]4C[C@@H]34)[C@@H]2C1=O. The second-order valence-corrected chi connectivity index (χ2v) is 7.20. The topological polar surface area (TPSA) is 74.7 Å². The van der Waals surface area contributed by atoms with Crippen molar-refractivity contribution in [1.29, 1.82) is 0 Å². The lowest BCUT2D eigenvalue weighted by molar-refractivity contribution is -0.155. The molecule has 3 fully saturated rings. The maximum absolute atomic E-state index is 12.8. The van der Waals surface area contributed by atoms with Crippen LogP contribution in [0.1, 0.15) is 32.6 Å². The average molecular weight is 303 g/mol. The molecule has 1 aliphatic heterocycles. The first-order valence-corrected chi connectivity index (χ1v) is 8.34. The summed E-state index contributed by atoms with van der Waals surface area (Å²) in [7, 11) is 0. The zero-order valence-corrected chi connectivity index (χ0v) is 12.6. The number of nitrogens with zero attached hydrogens (tertiary/aromatic N) is 1. The number of carbonyl (C=O) groups is 3. The largest absolute Gasteiger partial charge is 0.480 e. The van der Waals surface area contributed by atoms with E-state index in [4.69, 9.17) is 0 Å². The molecule has 5 aliphatic rings. The van der Waals surface area contributed by atoms with Crippen molar-refractivity contribution in [2.45, 2.75) is 38.6 Å². The summed E-state index contributed by atoms with van der Waals surface area (Å²) in [5.74, 6) is -0.710. The van der Waals surface area contributed by atoms with Gasteiger partial charge in [0.1, 0.15) is 6.04 Å². The number of carboxylic acid groups (broad SMARTS) is 1. The number of rotatable bonds is 5. The number of hydrogen-bond donors (Lipinski definition) is 1. The van der Waals surface area contributed by atoms with Crippen molar-refractivity contribution in [3.8, 4) is 0 Å². The molecular formula is C17H21NO4. The van der Waals surface area contributed by atoms with E-state index in [1.54, 1.807) is 0 Å². The lowest BCUT2D eigenvalue weighted by Gasteiger charge is -2.37. The second kappa shape index (κ2) is 4.67. The molecule has 1 N–H and O–H groups in total. The van der Waals surface area contributed by atoms with Crippen LogP contribution in [0.15, 0.2) is 12.2 Å². The molecule has 0 spiro atoms. The molecule has 118 valence electrons. The van der Waals surface area contributed by atoms with E-state index in [9.17, 15) is 19.5 Å². The molecule has 2 saturated carbocycles. The van der Waals surface area contributed by atoms with Crippen molar-refractivity contribution in [2.24, 2.45) is 35.5 Å². The minimum absolute atomic E-state index is 0.155. The summed E-state index contributed by atoms with van der Waals surface area (Å²) in [4.78, 5) is 38.3. The Hall–Kier alpha value is -1.65. The predicted molar refractivity (Wildman–Crippen MR) is 77.5 cm³/mol. The van der Waals surface area contributed by atoms with Gasteiger partial charge in [-0.1, -0.05) is 31.9 Å². The van der Waals surface area contributed by atoms with Crippen LogP contribution in [0.3, 0.4) is 0 Å². The molecule has 5 nitrogen and oxygen atoms in total. The lowest BCUT2D eigenvalue weighted by Crippen LogP contribution is -2.45. The molecule has 7 atom stereocenters. The van der Waals surface area contributed by atoms with Crippen LogP contribution in [0.4, 0.5) is 0 Å². The molecule has 4 aliphatic carbocycles. The Balaban J connectivity index is 1.65. The maximum Gasteiger partial charge on any atom is 0.326 e. The van der Waals surface area contributed by atoms with Crippen molar-refractivity contribution in [3.63, 3.8) is 0 Å². The van der Waals surface area contributed by atoms with Crippen LogP contribution in [0, 0.1) is 35.5 Å². The third-order valence-electron chi connectivity index (χ3n) is 6.12. The molecule has 0 aromatic heterocycles. The van der Waals surface area contributed by atoms with Gasteiger partial charge < -0.3 is 5.11 Å². The number of carbonyl (C=O) groups excluding carboxylic acids is 2. The molecule has 0 aromatic carbocycles. The van der Waals surface area contributed by atoms with E-state index >= 15 is 0 Å². The third-order valence-corrected chi connectivity index (χ3v) is 6.12. The van der Waals surface area contributed by atoms with E-state index < -0.39 is 12.0 Å². The summed E-state index contributed by atoms with van der Waals surface area (Å²) < 4.78 is 0. The Morgan fingerprint density at radius 1 is 1.23 bits per heavy atom. The minimum atomic E-state index is -1.06. The smallest absolute Gasteiger partial charge is 0.326 e. The van der Waals surface area contributed by atoms with Crippen molar-refractivity contribution in [2.75, 3.05) is 0 Å². The molecular weight excluding hydrogens is 282 g/mol. The maximum atomic E-state index is 12.8. The van der Waals surface area contributed by atoms with Crippen LogP contribution < -0.4 is 0 Å². The van der Waals surface area contributed by atoms with Gasteiger partial charge in [-0.3, -0.25) is 14.5 Å². The molecule has 5 rings (SSSR count). The van der Waals surface area contributed by atoms with Gasteiger partial charge in [0.15, 0.2) is 0 Å².